The number of carbonyl (C=O) groups is 1. The third-order valence-corrected chi connectivity index (χ3v) is 4.81. The molecule has 1 amide bonds. The van der Waals surface area contributed by atoms with E-state index in [1.807, 2.05) is 24.3 Å². The fourth-order valence-corrected chi connectivity index (χ4v) is 3.20. The van der Waals surface area contributed by atoms with Gasteiger partial charge in [-0.2, -0.15) is 0 Å². The zero-order valence-corrected chi connectivity index (χ0v) is 17.4. The minimum absolute atomic E-state index is 0.149. The first-order valence-electron chi connectivity index (χ1n) is 9.99. The van der Waals surface area contributed by atoms with Crippen molar-refractivity contribution in [1.29, 1.82) is 0 Å². The van der Waals surface area contributed by atoms with Crippen molar-refractivity contribution in [3.05, 3.63) is 83.3 Å². The molecule has 0 fully saturated rings. The molecule has 0 aliphatic rings. The first kappa shape index (κ1) is 20.5. The van der Waals surface area contributed by atoms with Crippen LogP contribution in [-0.2, 0) is 6.54 Å². The number of hydrogen-bond donors (Lipinski definition) is 2. The molecule has 0 aliphatic carbocycles. The minimum Gasteiger partial charge on any atom is -0.364 e. The highest BCUT2D eigenvalue weighted by atomic mass is 16.1. The van der Waals surface area contributed by atoms with Gasteiger partial charge in [0.1, 0.15) is 5.82 Å². The monoisotopic (exact) mass is 388 g/mol. The summed E-state index contributed by atoms with van der Waals surface area (Å²) in [5.74, 6) is 1.20. The molecule has 0 atom stereocenters. The number of anilines is 2. The number of benzene rings is 1. The highest BCUT2D eigenvalue weighted by molar-refractivity contribution is 6.05. The quantitative estimate of drug-likeness (QED) is 0.554. The Morgan fingerprint density at radius 2 is 1.62 bits per heavy atom. The van der Waals surface area contributed by atoms with Gasteiger partial charge in [0.25, 0.3) is 5.91 Å². The Morgan fingerprint density at radius 3 is 2.17 bits per heavy atom. The first-order chi connectivity index (χ1) is 14.0. The van der Waals surface area contributed by atoms with Crippen LogP contribution in [0.15, 0.2) is 60.9 Å². The van der Waals surface area contributed by atoms with Gasteiger partial charge in [0.2, 0.25) is 0 Å². The number of para-hydroxylation sites is 1. The largest absolute Gasteiger partial charge is 0.364 e. The summed E-state index contributed by atoms with van der Waals surface area (Å²) < 4.78 is 0. The molecule has 2 aromatic heterocycles. The predicted octanol–water partition coefficient (Wildman–Crippen LogP) is 5.59. The van der Waals surface area contributed by atoms with E-state index < -0.39 is 0 Å². The second-order valence-corrected chi connectivity index (χ2v) is 7.68. The lowest BCUT2D eigenvalue weighted by Gasteiger charge is -2.20. The number of amides is 1. The Morgan fingerprint density at radius 1 is 0.897 bits per heavy atom. The van der Waals surface area contributed by atoms with Crippen LogP contribution in [0.3, 0.4) is 0 Å². The molecule has 0 unspecified atom stereocenters. The molecule has 5 nitrogen and oxygen atoms in total. The summed E-state index contributed by atoms with van der Waals surface area (Å²) in [5.41, 5.74) is 4.67. The van der Waals surface area contributed by atoms with Gasteiger partial charge in [0, 0.05) is 18.1 Å². The van der Waals surface area contributed by atoms with E-state index in [0.29, 0.717) is 29.8 Å². The summed E-state index contributed by atoms with van der Waals surface area (Å²) >= 11 is 0. The van der Waals surface area contributed by atoms with Crippen LogP contribution in [0.4, 0.5) is 11.5 Å². The first-order valence-corrected chi connectivity index (χ1v) is 9.99. The molecule has 5 heteroatoms. The number of carbonyl (C=O) groups excluding carboxylic acids is 1. The fraction of sp³-hybridized carbons (Fsp3) is 0.292. The van der Waals surface area contributed by atoms with Crippen LogP contribution in [0.1, 0.15) is 66.7 Å². The zero-order chi connectivity index (χ0) is 20.8. The van der Waals surface area contributed by atoms with E-state index in [-0.39, 0.29) is 5.91 Å². The molecule has 3 rings (SSSR count). The molecule has 2 N–H and O–H groups in total. The average molecular weight is 389 g/mol. The van der Waals surface area contributed by atoms with Crippen LogP contribution in [-0.4, -0.2) is 15.9 Å². The number of pyridine rings is 2. The summed E-state index contributed by atoms with van der Waals surface area (Å²) in [5, 5.41) is 6.35. The molecule has 0 saturated carbocycles. The van der Waals surface area contributed by atoms with Gasteiger partial charge in [-0.15, -0.1) is 0 Å². The number of nitrogens with one attached hydrogen (secondary N) is 2. The maximum Gasteiger partial charge on any atom is 0.257 e. The molecule has 0 bridgehead atoms. The van der Waals surface area contributed by atoms with Gasteiger partial charge in [-0.3, -0.25) is 9.78 Å². The van der Waals surface area contributed by atoms with Crippen LogP contribution >= 0.6 is 0 Å². The summed E-state index contributed by atoms with van der Waals surface area (Å²) in [6.07, 6.45) is 3.36. The van der Waals surface area contributed by atoms with Gasteiger partial charge in [-0.05, 0) is 47.2 Å². The Bertz CT molecular complexity index is 924. The molecule has 0 saturated heterocycles. The van der Waals surface area contributed by atoms with E-state index in [1.54, 1.807) is 18.5 Å². The van der Waals surface area contributed by atoms with Crippen molar-refractivity contribution in [3.8, 4) is 0 Å². The van der Waals surface area contributed by atoms with Crippen LogP contribution < -0.4 is 10.6 Å². The van der Waals surface area contributed by atoms with E-state index in [9.17, 15) is 4.79 Å². The van der Waals surface area contributed by atoms with E-state index in [4.69, 9.17) is 0 Å². The van der Waals surface area contributed by atoms with E-state index in [1.165, 1.54) is 0 Å². The standard InChI is InChI=1S/C24H28N4O/c1-16(2)20-9-7-10-21(17(3)4)23(20)28-24(29)18-11-12-22(26-14-18)27-15-19-8-5-6-13-25-19/h5-14,16-17H,15H2,1-4H3,(H,26,27)(H,28,29). The Kier molecular flexibility index (Phi) is 6.60. The lowest BCUT2D eigenvalue weighted by Crippen LogP contribution is -2.16. The Balaban J connectivity index is 1.73. The topological polar surface area (TPSA) is 66.9 Å². The lowest BCUT2D eigenvalue weighted by atomic mass is 9.92. The maximum absolute atomic E-state index is 12.9. The molecule has 0 spiro atoms. The van der Waals surface area contributed by atoms with Crippen molar-refractivity contribution in [2.45, 2.75) is 46.1 Å². The summed E-state index contributed by atoms with van der Waals surface area (Å²) in [4.78, 5) is 21.5. The smallest absolute Gasteiger partial charge is 0.257 e. The third-order valence-electron chi connectivity index (χ3n) is 4.81. The van der Waals surface area contributed by atoms with Crippen LogP contribution in [0.5, 0.6) is 0 Å². The number of hydrogen-bond acceptors (Lipinski definition) is 4. The number of rotatable bonds is 7. The second kappa shape index (κ2) is 9.32. The van der Waals surface area contributed by atoms with Crippen molar-refractivity contribution in [3.63, 3.8) is 0 Å². The number of aromatic nitrogens is 2. The van der Waals surface area contributed by atoms with E-state index in [2.05, 4.69) is 66.5 Å². The highest BCUT2D eigenvalue weighted by Crippen LogP contribution is 2.32. The third kappa shape index (κ3) is 5.19. The SMILES string of the molecule is CC(C)c1cccc(C(C)C)c1NC(=O)c1ccc(NCc2ccccn2)nc1. The molecule has 150 valence electrons. The highest BCUT2D eigenvalue weighted by Gasteiger charge is 2.17. The molecule has 3 aromatic rings. The number of nitrogens with zero attached hydrogens (tertiary/aromatic N) is 2. The van der Waals surface area contributed by atoms with Gasteiger partial charge in [0.15, 0.2) is 0 Å². The summed E-state index contributed by atoms with van der Waals surface area (Å²) in [6.45, 7) is 9.13. The van der Waals surface area contributed by atoms with E-state index in [0.717, 1.165) is 22.5 Å². The fourth-order valence-electron chi connectivity index (χ4n) is 3.20. The van der Waals surface area contributed by atoms with Gasteiger partial charge >= 0.3 is 0 Å². The Labute approximate surface area is 172 Å². The van der Waals surface area contributed by atoms with Crippen LogP contribution in [0, 0.1) is 0 Å². The molecule has 2 heterocycles. The molecule has 0 aliphatic heterocycles. The average Bonchev–Trinajstić information content (AvgIpc) is 2.73. The van der Waals surface area contributed by atoms with Crippen LogP contribution in [0.25, 0.3) is 0 Å². The van der Waals surface area contributed by atoms with Gasteiger partial charge < -0.3 is 10.6 Å². The molecular weight excluding hydrogens is 360 g/mol. The van der Waals surface area contributed by atoms with Crippen molar-refractivity contribution >= 4 is 17.4 Å². The Hall–Kier alpha value is -3.21. The van der Waals surface area contributed by atoms with Gasteiger partial charge in [-0.25, -0.2) is 4.98 Å². The minimum atomic E-state index is -0.149. The van der Waals surface area contributed by atoms with Crippen LogP contribution in [0.2, 0.25) is 0 Å². The molecular formula is C24H28N4O. The normalized spacial score (nSPS) is 11.0. The molecule has 29 heavy (non-hydrogen) atoms. The van der Waals surface area contributed by atoms with Crippen molar-refractivity contribution in [2.24, 2.45) is 0 Å². The van der Waals surface area contributed by atoms with E-state index >= 15 is 0 Å². The molecule has 1 aromatic carbocycles. The van der Waals surface area contributed by atoms with Crippen molar-refractivity contribution < 1.29 is 4.79 Å². The van der Waals surface area contributed by atoms with Crippen molar-refractivity contribution in [1.82, 2.24) is 9.97 Å². The summed E-state index contributed by atoms with van der Waals surface area (Å²) in [7, 11) is 0. The summed E-state index contributed by atoms with van der Waals surface area (Å²) in [6, 6.07) is 15.6. The molecule has 0 radical (unpaired) electrons. The predicted molar refractivity (Wildman–Crippen MR) is 118 cm³/mol. The lowest BCUT2D eigenvalue weighted by molar-refractivity contribution is 0.102. The maximum atomic E-state index is 12.9. The van der Waals surface area contributed by atoms with Gasteiger partial charge in [-0.1, -0.05) is 52.0 Å². The van der Waals surface area contributed by atoms with Crippen molar-refractivity contribution in [2.75, 3.05) is 10.6 Å². The van der Waals surface area contributed by atoms with Gasteiger partial charge in [0.05, 0.1) is 17.8 Å². The zero-order valence-electron chi connectivity index (χ0n) is 17.4. The second-order valence-electron chi connectivity index (χ2n) is 7.68.